The normalized spacial score (nSPS) is 21.6. The van der Waals surface area contributed by atoms with Gasteiger partial charge in [-0.25, -0.2) is 9.97 Å². The van der Waals surface area contributed by atoms with Gasteiger partial charge in [0, 0.05) is 31.6 Å². The smallest absolute Gasteiger partial charge is 0.260 e. The van der Waals surface area contributed by atoms with Crippen molar-refractivity contribution in [3.63, 3.8) is 0 Å². The maximum atomic E-state index is 12.8. The Hall–Kier alpha value is -2.67. The molecule has 1 amide bonds. The first kappa shape index (κ1) is 19.6. The highest BCUT2D eigenvalue weighted by Crippen LogP contribution is 2.29. The summed E-state index contributed by atoms with van der Waals surface area (Å²) in [5.41, 5.74) is 2.10. The lowest BCUT2D eigenvalue weighted by atomic mass is 10.0. The molecule has 0 saturated carbocycles. The Labute approximate surface area is 171 Å². The van der Waals surface area contributed by atoms with E-state index in [4.69, 9.17) is 14.5 Å². The molecule has 2 unspecified atom stereocenters. The molecule has 2 aliphatic rings. The molecular formula is C22H28N4O3. The average molecular weight is 396 g/mol. The van der Waals surface area contributed by atoms with Gasteiger partial charge in [0.25, 0.3) is 5.91 Å². The molecule has 1 fully saturated rings. The minimum absolute atomic E-state index is 0.0188. The number of hydrogen-bond acceptors (Lipinski definition) is 6. The number of rotatable bonds is 4. The van der Waals surface area contributed by atoms with Crippen LogP contribution >= 0.6 is 0 Å². The van der Waals surface area contributed by atoms with Gasteiger partial charge in [0.05, 0.1) is 24.4 Å². The van der Waals surface area contributed by atoms with Crippen LogP contribution in [0.5, 0.6) is 5.75 Å². The van der Waals surface area contributed by atoms with E-state index in [0.717, 1.165) is 42.4 Å². The molecule has 1 aromatic carbocycles. The summed E-state index contributed by atoms with van der Waals surface area (Å²) < 4.78 is 11.5. The Morgan fingerprint density at radius 1 is 1.17 bits per heavy atom. The largest absolute Gasteiger partial charge is 0.484 e. The van der Waals surface area contributed by atoms with E-state index in [2.05, 4.69) is 23.7 Å². The second-order valence-electron chi connectivity index (χ2n) is 7.85. The van der Waals surface area contributed by atoms with E-state index in [0.29, 0.717) is 18.8 Å². The first-order valence-corrected chi connectivity index (χ1v) is 10.2. The van der Waals surface area contributed by atoms with Crippen LogP contribution in [0, 0.1) is 6.92 Å². The second-order valence-corrected chi connectivity index (χ2v) is 7.85. The Morgan fingerprint density at radius 2 is 1.90 bits per heavy atom. The van der Waals surface area contributed by atoms with Crippen molar-refractivity contribution in [2.45, 2.75) is 45.9 Å². The van der Waals surface area contributed by atoms with Gasteiger partial charge in [0.15, 0.2) is 6.61 Å². The molecule has 2 atom stereocenters. The lowest BCUT2D eigenvalue weighted by Gasteiger charge is -2.38. The Bertz CT molecular complexity index is 864. The van der Waals surface area contributed by atoms with E-state index < -0.39 is 0 Å². The molecule has 0 aliphatic carbocycles. The van der Waals surface area contributed by atoms with Crippen molar-refractivity contribution in [3.8, 4) is 5.75 Å². The standard InChI is InChI=1S/C22H28N4O3/c1-15-11-26(12-16(2)29-15)22-19-13-25(10-9-20(19)23-17(3)24-22)21(27)14-28-18-7-5-4-6-8-18/h4-8,15-16H,9-14H2,1-3H3. The van der Waals surface area contributed by atoms with Gasteiger partial charge in [-0.15, -0.1) is 0 Å². The number of nitrogens with zero attached hydrogens (tertiary/aromatic N) is 4. The zero-order chi connectivity index (χ0) is 20.4. The van der Waals surface area contributed by atoms with Crippen LogP contribution in [-0.2, 0) is 22.5 Å². The Balaban J connectivity index is 1.51. The summed E-state index contributed by atoms with van der Waals surface area (Å²) >= 11 is 0. The summed E-state index contributed by atoms with van der Waals surface area (Å²) in [6.07, 6.45) is 1.02. The van der Waals surface area contributed by atoms with Gasteiger partial charge in [0.1, 0.15) is 17.4 Å². The van der Waals surface area contributed by atoms with Crippen LogP contribution in [-0.4, -0.2) is 59.2 Å². The van der Waals surface area contributed by atoms with Crippen LogP contribution in [0.2, 0.25) is 0 Å². The van der Waals surface area contributed by atoms with Gasteiger partial charge < -0.3 is 19.3 Å². The number of anilines is 1. The number of amides is 1. The van der Waals surface area contributed by atoms with Crippen LogP contribution in [0.15, 0.2) is 30.3 Å². The first-order valence-electron chi connectivity index (χ1n) is 10.2. The zero-order valence-corrected chi connectivity index (χ0v) is 17.3. The van der Waals surface area contributed by atoms with Crippen LogP contribution in [0.4, 0.5) is 5.82 Å². The fourth-order valence-electron chi connectivity index (χ4n) is 4.10. The molecule has 1 saturated heterocycles. The SMILES string of the molecule is Cc1nc2c(c(N3CC(C)OC(C)C3)n1)CN(C(=O)COc1ccccc1)CC2. The summed E-state index contributed by atoms with van der Waals surface area (Å²) in [7, 11) is 0. The molecule has 7 nitrogen and oxygen atoms in total. The lowest BCUT2D eigenvalue weighted by molar-refractivity contribution is -0.134. The van der Waals surface area contributed by atoms with Gasteiger partial charge in [0.2, 0.25) is 0 Å². The van der Waals surface area contributed by atoms with Crippen LogP contribution in [0.25, 0.3) is 0 Å². The number of para-hydroxylation sites is 1. The summed E-state index contributed by atoms with van der Waals surface area (Å²) in [4.78, 5) is 26.3. The lowest BCUT2D eigenvalue weighted by Crippen LogP contribution is -2.47. The quantitative estimate of drug-likeness (QED) is 0.790. The van der Waals surface area contributed by atoms with Crippen molar-refractivity contribution < 1.29 is 14.3 Å². The summed E-state index contributed by atoms with van der Waals surface area (Å²) in [5, 5.41) is 0. The Morgan fingerprint density at radius 3 is 2.62 bits per heavy atom. The second kappa shape index (κ2) is 8.37. The number of morpholine rings is 1. The number of hydrogen-bond donors (Lipinski definition) is 0. The van der Waals surface area contributed by atoms with E-state index in [1.807, 2.05) is 42.2 Å². The zero-order valence-electron chi connectivity index (χ0n) is 17.3. The van der Waals surface area contributed by atoms with Crippen LogP contribution in [0.3, 0.4) is 0 Å². The predicted molar refractivity (Wildman–Crippen MR) is 110 cm³/mol. The predicted octanol–water partition coefficient (Wildman–Crippen LogP) is 2.36. The molecule has 154 valence electrons. The highest BCUT2D eigenvalue weighted by Gasteiger charge is 2.30. The summed E-state index contributed by atoms with van der Waals surface area (Å²) in [5.74, 6) is 2.40. The van der Waals surface area contributed by atoms with E-state index in [1.165, 1.54) is 0 Å². The van der Waals surface area contributed by atoms with Crippen molar-refractivity contribution in [2.24, 2.45) is 0 Å². The van der Waals surface area contributed by atoms with Crippen molar-refractivity contribution in [1.82, 2.24) is 14.9 Å². The van der Waals surface area contributed by atoms with Crippen molar-refractivity contribution in [2.75, 3.05) is 31.1 Å². The van der Waals surface area contributed by atoms with Gasteiger partial charge in [-0.05, 0) is 32.9 Å². The van der Waals surface area contributed by atoms with Crippen LogP contribution in [0.1, 0.15) is 30.9 Å². The number of fused-ring (bicyclic) bond motifs is 1. The van der Waals surface area contributed by atoms with Gasteiger partial charge in [-0.3, -0.25) is 4.79 Å². The number of aromatic nitrogens is 2. The number of benzene rings is 1. The van der Waals surface area contributed by atoms with Crippen molar-refractivity contribution >= 4 is 11.7 Å². The van der Waals surface area contributed by atoms with Crippen molar-refractivity contribution in [1.29, 1.82) is 0 Å². The molecule has 2 aliphatic heterocycles. The average Bonchev–Trinajstić information content (AvgIpc) is 2.71. The van der Waals surface area contributed by atoms with Gasteiger partial charge in [-0.2, -0.15) is 0 Å². The minimum Gasteiger partial charge on any atom is -0.484 e. The summed E-state index contributed by atoms with van der Waals surface area (Å²) in [6.45, 7) is 8.88. The van der Waals surface area contributed by atoms with E-state index in [-0.39, 0.29) is 24.7 Å². The Kier molecular flexibility index (Phi) is 5.67. The molecule has 7 heteroatoms. The number of carbonyl (C=O) groups is 1. The molecule has 0 radical (unpaired) electrons. The van der Waals surface area contributed by atoms with E-state index in [1.54, 1.807) is 0 Å². The third-order valence-electron chi connectivity index (χ3n) is 5.33. The molecule has 0 N–H and O–H groups in total. The molecule has 0 spiro atoms. The topological polar surface area (TPSA) is 67.8 Å². The van der Waals surface area contributed by atoms with Crippen molar-refractivity contribution in [3.05, 3.63) is 47.4 Å². The molecular weight excluding hydrogens is 368 g/mol. The fourth-order valence-corrected chi connectivity index (χ4v) is 4.10. The molecule has 3 heterocycles. The highest BCUT2D eigenvalue weighted by molar-refractivity contribution is 5.78. The first-order chi connectivity index (χ1) is 14.0. The van der Waals surface area contributed by atoms with Gasteiger partial charge >= 0.3 is 0 Å². The maximum absolute atomic E-state index is 12.8. The highest BCUT2D eigenvalue weighted by atomic mass is 16.5. The molecule has 29 heavy (non-hydrogen) atoms. The monoisotopic (exact) mass is 396 g/mol. The van der Waals surface area contributed by atoms with Gasteiger partial charge in [-0.1, -0.05) is 18.2 Å². The minimum atomic E-state index is -0.0188. The third kappa shape index (κ3) is 4.50. The maximum Gasteiger partial charge on any atom is 0.260 e. The summed E-state index contributed by atoms with van der Waals surface area (Å²) in [6, 6.07) is 9.43. The molecule has 1 aromatic heterocycles. The van der Waals surface area contributed by atoms with Crippen LogP contribution < -0.4 is 9.64 Å². The van der Waals surface area contributed by atoms with E-state index >= 15 is 0 Å². The molecule has 4 rings (SSSR count). The number of aryl methyl sites for hydroxylation is 1. The third-order valence-corrected chi connectivity index (χ3v) is 5.33. The molecule has 2 aromatic rings. The number of carbonyl (C=O) groups excluding carboxylic acids is 1. The number of ether oxygens (including phenoxy) is 2. The molecule has 0 bridgehead atoms. The van der Waals surface area contributed by atoms with E-state index in [9.17, 15) is 4.79 Å². The fraction of sp³-hybridized carbons (Fsp3) is 0.500.